The number of benzene rings is 2. The Labute approximate surface area is 269 Å². The molecule has 9 heteroatoms. The number of carbonyl (C=O) groups excluding carboxylic acids is 1. The second-order valence-corrected chi connectivity index (χ2v) is 14.9. The zero-order valence-electron chi connectivity index (χ0n) is 26.1. The number of hydrogen-bond donors (Lipinski definition) is 2. The molecule has 2 N–H and O–H groups in total. The van der Waals surface area contributed by atoms with Crippen molar-refractivity contribution in [3.8, 4) is 5.75 Å². The van der Waals surface area contributed by atoms with Crippen LogP contribution >= 0.6 is 11.6 Å². The van der Waals surface area contributed by atoms with Crippen molar-refractivity contribution in [2.45, 2.75) is 71.0 Å². The van der Waals surface area contributed by atoms with Crippen LogP contribution in [0.25, 0.3) is 0 Å². The molecule has 2 bridgehead atoms. The molecule has 238 valence electrons. The second-order valence-electron chi connectivity index (χ2n) is 13.0. The van der Waals surface area contributed by atoms with Crippen molar-refractivity contribution in [3.63, 3.8) is 0 Å². The van der Waals surface area contributed by atoms with Crippen LogP contribution in [0.3, 0.4) is 0 Å². The molecule has 2 aromatic rings. The maximum atomic E-state index is 13.3. The van der Waals surface area contributed by atoms with Crippen LogP contribution in [-0.4, -0.2) is 46.1 Å². The van der Waals surface area contributed by atoms with Crippen LogP contribution in [0.4, 0.5) is 5.69 Å². The van der Waals surface area contributed by atoms with Crippen LogP contribution in [0.5, 0.6) is 5.75 Å². The van der Waals surface area contributed by atoms with E-state index in [1.165, 1.54) is 11.1 Å². The number of amides is 1. The number of rotatable bonds is 5. The highest BCUT2D eigenvalue weighted by Crippen LogP contribution is 2.46. The van der Waals surface area contributed by atoms with Gasteiger partial charge in [-0.2, -0.15) is 0 Å². The Morgan fingerprint density at radius 2 is 1.98 bits per heavy atom. The number of aliphatic carboxylic acids is 1. The summed E-state index contributed by atoms with van der Waals surface area (Å²) < 4.78 is 22.4. The van der Waals surface area contributed by atoms with E-state index in [2.05, 4.69) is 40.8 Å². The molecule has 8 unspecified atom stereocenters. The molecule has 2 aliphatic heterocycles. The number of nitrogens with zero attached hydrogens (tertiary/aromatic N) is 1. The number of aryl methyl sites for hydroxylation is 1. The number of ether oxygens (including phenoxy) is 1. The molecule has 5 rings (SSSR count). The van der Waals surface area contributed by atoms with Gasteiger partial charge in [-0.25, -0.2) is 4.21 Å². The molecule has 8 atom stereocenters. The Balaban J connectivity index is 1.56. The molecule has 0 radical (unpaired) electrons. The molecule has 1 amide bonds. The van der Waals surface area contributed by atoms with Gasteiger partial charge in [-0.3, -0.25) is 14.3 Å². The van der Waals surface area contributed by atoms with Crippen molar-refractivity contribution < 1.29 is 23.6 Å². The van der Waals surface area contributed by atoms with Gasteiger partial charge in [0.05, 0.1) is 23.5 Å². The van der Waals surface area contributed by atoms with Gasteiger partial charge >= 0.3 is 5.97 Å². The maximum absolute atomic E-state index is 13.3. The smallest absolute Gasteiger partial charge is 0.306 e. The van der Waals surface area contributed by atoms with Crippen LogP contribution < -0.4 is 14.4 Å². The lowest BCUT2D eigenvalue weighted by Gasteiger charge is -2.45. The monoisotopic (exact) mass is 640 g/mol. The largest absolute Gasteiger partial charge is 0.491 e. The minimum atomic E-state index is -1.58. The van der Waals surface area contributed by atoms with E-state index in [0.717, 1.165) is 42.9 Å². The Bertz CT molecular complexity index is 1430. The van der Waals surface area contributed by atoms with E-state index >= 15 is 0 Å². The Morgan fingerprint density at radius 1 is 1.18 bits per heavy atom. The first kappa shape index (κ1) is 32.6. The Kier molecular flexibility index (Phi) is 10.4. The van der Waals surface area contributed by atoms with Crippen LogP contribution in [-0.2, 0) is 22.2 Å². The fraction of sp³-hybridized carbons (Fsp3) is 0.543. The first-order valence-corrected chi connectivity index (χ1v) is 17.6. The van der Waals surface area contributed by atoms with Crippen molar-refractivity contribution in [1.82, 2.24) is 4.72 Å². The van der Waals surface area contributed by atoms with Crippen molar-refractivity contribution in [2.24, 2.45) is 29.6 Å². The highest BCUT2D eigenvalue weighted by molar-refractivity contribution is 7.84. The molecular formula is C35H45ClN2O5S. The van der Waals surface area contributed by atoms with Gasteiger partial charge in [-0.1, -0.05) is 57.0 Å². The molecule has 1 fully saturated rings. The number of allylic oxidation sites excluding steroid dienone is 2. The molecule has 1 aliphatic carbocycles. The Morgan fingerprint density at radius 3 is 2.68 bits per heavy atom. The molecular weight excluding hydrogens is 596 g/mol. The van der Waals surface area contributed by atoms with E-state index in [9.17, 15) is 18.9 Å². The highest BCUT2D eigenvalue weighted by atomic mass is 35.5. The zero-order valence-corrected chi connectivity index (χ0v) is 27.7. The van der Waals surface area contributed by atoms with Gasteiger partial charge in [0.1, 0.15) is 16.7 Å². The van der Waals surface area contributed by atoms with Gasteiger partial charge in [0.25, 0.3) is 5.91 Å². The lowest BCUT2D eigenvalue weighted by Crippen LogP contribution is -2.44. The summed E-state index contributed by atoms with van der Waals surface area (Å²) in [7, 11) is -1.58. The van der Waals surface area contributed by atoms with Crippen LogP contribution in [0.15, 0.2) is 48.6 Å². The lowest BCUT2D eigenvalue weighted by molar-refractivity contribution is -0.143. The Hall–Kier alpha value is -2.84. The average Bonchev–Trinajstić information content (AvgIpc) is 3.16. The van der Waals surface area contributed by atoms with Gasteiger partial charge < -0.3 is 14.7 Å². The molecule has 0 saturated heterocycles. The summed E-state index contributed by atoms with van der Waals surface area (Å²) in [5, 5.41) is 10.5. The quantitative estimate of drug-likeness (QED) is 0.341. The van der Waals surface area contributed by atoms with Crippen LogP contribution in [0, 0.1) is 29.6 Å². The summed E-state index contributed by atoms with van der Waals surface area (Å²) in [5.41, 5.74) is 3.73. The third-order valence-corrected chi connectivity index (χ3v) is 11.9. The number of carboxylic acids is 1. The van der Waals surface area contributed by atoms with Crippen molar-refractivity contribution >= 4 is 40.2 Å². The topological polar surface area (TPSA) is 95.9 Å². The molecule has 0 spiro atoms. The predicted molar refractivity (Wildman–Crippen MR) is 177 cm³/mol. The van der Waals surface area contributed by atoms with Gasteiger partial charge in [-0.15, -0.1) is 0 Å². The van der Waals surface area contributed by atoms with Gasteiger partial charge in [0.2, 0.25) is 0 Å². The van der Waals surface area contributed by atoms with Crippen LogP contribution in [0.2, 0.25) is 5.02 Å². The number of anilines is 1. The highest BCUT2D eigenvalue weighted by Gasteiger charge is 2.42. The van der Waals surface area contributed by atoms with E-state index < -0.39 is 22.9 Å². The number of hydrogen-bond acceptors (Lipinski definition) is 5. The molecule has 3 aliphatic rings. The summed E-state index contributed by atoms with van der Waals surface area (Å²) in [5.74, 6) is -0.396. The van der Waals surface area contributed by atoms with Gasteiger partial charge in [0.15, 0.2) is 0 Å². The number of carbonyl (C=O) groups is 2. The van der Waals surface area contributed by atoms with E-state index in [0.29, 0.717) is 36.8 Å². The molecule has 1 saturated carbocycles. The zero-order chi connectivity index (χ0) is 31.5. The van der Waals surface area contributed by atoms with Crippen molar-refractivity contribution in [3.05, 3.63) is 70.3 Å². The van der Waals surface area contributed by atoms with Crippen molar-refractivity contribution in [1.29, 1.82) is 0 Å². The number of fused-ring (bicyclic) bond motifs is 2. The fourth-order valence-corrected chi connectivity index (χ4v) is 8.22. The predicted octanol–water partition coefficient (Wildman–Crippen LogP) is 7.02. The summed E-state index contributed by atoms with van der Waals surface area (Å²) in [4.78, 5) is 27.9. The minimum absolute atomic E-state index is 0.0385. The summed E-state index contributed by atoms with van der Waals surface area (Å²) in [6.45, 7) is 9.79. The van der Waals surface area contributed by atoms with Gasteiger partial charge in [0, 0.05) is 29.6 Å². The summed E-state index contributed by atoms with van der Waals surface area (Å²) in [6.07, 6.45) is 8.75. The molecule has 44 heavy (non-hydrogen) atoms. The number of nitrogens with one attached hydrogen (secondary N) is 1. The van der Waals surface area contributed by atoms with E-state index in [1.54, 1.807) is 6.07 Å². The van der Waals surface area contributed by atoms with Crippen LogP contribution in [0.1, 0.15) is 80.8 Å². The fourth-order valence-electron chi connectivity index (χ4n) is 7.01. The molecule has 2 aromatic carbocycles. The third-order valence-electron chi connectivity index (χ3n) is 10.1. The van der Waals surface area contributed by atoms with Gasteiger partial charge in [-0.05, 0) is 97.7 Å². The normalized spacial score (nSPS) is 30.5. The SMILES string of the molecule is CCCc1cc(Cl)ccc1C1COc2ccc3cc2N(C1)CC1CCC1C(C(C)C(=O)O)/C=C/CC(C)C(C)S(=O)NC3=O. The summed E-state index contributed by atoms with van der Waals surface area (Å²) in [6, 6.07) is 11.6. The lowest BCUT2D eigenvalue weighted by atomic mass is 9.63. The second kappa shape index (κ2) is 14.1. The third kappa shape index (κ3) is 7.02. The van der Waals surface area contributed by atoms with E-state index in [1.807, 2.05) is 39.0 Å². The average molecular weight is 641 g/mol. The van der Waals surface area contributed by atoms with Crippen molar-refractivity contribution in [2.75, 3.05) is 24.6 Å². The molecule has 0 aromatic heterocycles. The molecule has 2 heterocycles. The molecule has 7 nitrogen and oxygen atoms in total. The minimum Gasteiger partial charge on any atom is -0.491 e. The first-order chi connectivity index (χ1) is 21.1. The standard InChI is InChI=1S/C35H45ClN2O5S/c1-5-7-24-16-28(36)12-14-30(24)27-19-38-18-26-10-13-31(26)29(22(3)35(40)41)9-6-8-21(2)23(4)44(42)37-34(39)25-11-15-33(43-20-27)32(38)17-25/h6,9,11-12,14-17,21-23,26-27,29,31H,5,7-8,10,13,18-20H2,1-4H3,(H,37,39)(H,40,41)/b9-6+. The summed E-state index contributed by atoms with van der Waals surface area (Å²) >= 11 is 6.41. The number of halogens is 1. The maximum Gasteiger partial charge on any atom is 0.306 e. The van der Waals surface area contributed by atoms with E-state index in [-0.39, 0.29) is 34.8 Å². The number of carboxylic acid groups (broad SMARTS) is 1. The van der Waals surface area contributed by atoms with E-state index in [4.69, 9.17) is 16.3 Å². The first-order valence-electron chi connectivity index (χ1n) is 16.0.